The fourth-order valence-corrected chi connectivity index (χ4v) is 6.83. The average Bonchev–Trinajstić information content (AvgIpc) is 3.24. The third-order valence-corrected chi connectivity index (χ3v) is 14.2. The second-order valence-corrected chi connectivity index (χ2v) is 18.7. The fourth-order valence-electron chi connectivity index (χ4n) is 3.42. The molecule has 0 aliphatic heterocycles. The zero-order valence-electron chi connectivity index (χ0n) is 21.5. The molecule has 0 amide bonds. The van der Waals surface area contributed by atoms with Crippen LogP contribution in [0.1, 0.15) is 50.6 Å². The molecule has 38 heavy (non-hydrogen) atoms. The molecule has 1 aliphatic carbocycles. The molecule has 3 aromatic rings. The maximum Gasteiger partial charge on any atom is 0.291 e. The Kier molecular flexibility index (Phi) is 7.81. The summed E-state index contributed by atoms with van der Waals surface area (Å²) in [4.78, 5) is -0.203. The number of aromatic nitrogens is 3. The van der Waals surface area contributed by atoms with Crippen molar-refractivity contribution in [1.82, 2.24) is 19.3 Å². The van der Waals surface area contributed by atoms with Gasteiger partial charge in [0.2, 0.25) is 10.0 Å². The second kappa shape index (κ2) is 10.2. The van der Waals surface area contributed by atoms with Crippen LogP contribution < -0.4 is 4.72 Å². The highest BCUT2D eigenvalue weighted by molar-refractivity contribution is 7.89. The van der Waals surface area contributed by atoms with Gasteiger partial charge in [-0.05, 0) is 43.1 Å². The first-order valence-electron chi connectivity index (χ1n) is 11.8. The van der Waals surface area contributed by atoms with Crippen LogP contribution in [0.3, 0.4) is 0 Å². The Balaban J connectivity index is 1.79. The lowest BCUT2D eigenvalue weighted by Crippen LogP contribution is -2.40. The van der Waals surface area contributed by atoms with E-state index in [4.69, 9.17) is 16.0 Å². The predicted octanol–water partition coefficient (Wildman–Crippen LogP) is 6.20. The monoisotopic (exact) mass is 604 g/mol. The van der Waals surface area contributed by atoms with Gasteiger partial charge >= 0.3 is 0 Å². The first-order chi connectivity index (χ1) is 17.6. The molecule has 1 fully saturated rings. The minimum atomic E-state index is -4.13. The van der Waals surface area contributed by atoms with Crippen molar-refractivity contribution in [1.29, 1.82) is 0 Å². The largest absolute Gasteiger partial charge is 0.406 e. The van der Waals surface area contributed by atoms with Crippen molar-refractivity contribution in [2.24, 2.45) is 0 Å². The first-order valence-corrected chi connectivity index (χ1v) is 17.4. The molecule has 3 aromatic heterocycles. The van der Waals surface area contributed by atoms with Crippen LogP contribution in [0.15, 0.2) is 23.2 Å². The Morgan fingerprint density at radius 2 is 1.97 bits per heavy atom. The smallest absolute Gasteiger partial charge is 0.291 e. The van der Waals surface area contributed by atoms with Crippen LogP contribution >= 0.6 is 22.9 Å². The second-order valence-electron chi connectivity index (χ2n) is 10.8. The maximum atomic E-state index is 13.4. The number of fused-ring (bicyclic) bond motifs is 1. The number of pyridine rings is 1. The van der Waals surface area contributed by atoms with Gasteiger partial charge in [-0.2, -0.15) is 0 Å². The van der Waals surface area contributed by atoms with Crippen LogP contribution in [0.2, 0.25) is 23.2 Å². The van der Waals surface area contributed by atoms with Crippen molar-refractivity contribution in [2.75, 3.05) is 13.3 Å². The third kappa shape index (κ3) is 5.80. The molecule has 0 aromatic carbocycles. The molecule has 14 heteroatoms. The summed E-state index contributed by atoms with van der Waals surface area (Å²) in [6.07, 6.45) is -0.719. The topological polar surface area (TPSA) is 85.6 Å². The number of sulfonamides is 1. The molecular formula is C24H28ClF3N4O3S2Si. The van der Waals surface area contributed by atoms with Crippen LogP contribution in [0.4, 0.5) is 13.2 Å². The predicted molar refractivity (Wildman–Crippen MR) is 145 cm³/mol. The highest BCUT2D eigenvalue weighted by Gasteiger charge is 2.46. The third-order valence-electron chi connectivity index (χ3n) is 6.94. The lowest BCUT2D eigenvalue weighted by atomic mass is 10.2. The summed E-state index contributed by atoms with van der Waals surface area (Å²) in [6.45, 7) is 9.93. The number of nitrogens with zero attached hydrogens (tertiary/aromatic N) is 3. The number of alkyl halides is 3. The number of rotatable bonds is 8. The van der Waals surface area contributed by atoms with Crippen LogP contribution in [-0.4, -0.2) is 50.2 Å². The van der Waals surface area contributed by atoms with E-state index in [9.17, 15) is 21.6 Å². The summed E-state index contributed by atoms with van der Waals surface area (Å²) >= 11 is 7.25. The van der Waals surface area contributed by atoms with Crippen molar-refractivity contribution >= 4 is 46.8 Å². The molecule has 0 radical (unpaired) electrons. The fraction of sp³-hybridized carbons (Fsp3) is 0.500. The summed E-state index contributed by atoms with van der Waals surface area (Å²) in [6, 6.07) is 2.86. The minimum absolute atomic E-state index is 0.00534. The molecule has 4 rings (SSSR count). The molecule has 1 aliphatic rings. The van der Waals surface area contributed by atoms with Gasteiger partial charge in [-0.3, -0.25) is 0 Å². The Morgan fingerprint density at radius 1 is 1.29 bits per heavy atom. The zero-order valence-corrected chi connectivity index (χ0v) is 24.9. The molecule has 1 saturated carbocycles. The summed E-state index contributed by atoms with van der Waals surface area (Å²) in [5.74, 6) is 6.02. The molecule has 206 valence electrons. The Bertz CT molecular complexity index is 1530. The highest BCUT2D eigenvalue weighted by Crippen LogP contribution is 2.39. The Hall–Kier alpha value is -1.95. The normalized spacial score (nSPS) is 15.6. The molecule has 3 heterocycles. The van der Waals surface area contributed by atoms with Gasteiger partial charge in [0, 0.05) is 6.20 Å². The number of nitrogens with one attached hydrogen (secondary N) is 1. The summed E-state index contributed by atoms with van der Waals surface area (Å²) in [5.41, 5.74) is 0.00815. The number of hydrogen-bond acceptors (Lipinski definition) is 6. The van der Waals surface area contributed by atoms with Crippen LogP contribution in [0.5, 0.6) is 0 Å². The summed E-state index contributed by atoms with van der Waals surface area (Å²) in [7, 11) is -6.16. The van der Waals surface area contributed by atoms with Gasteiger partial charge < -0.3 is 8.83 Å². The SMILES string of the molecule is CC(C)(C)[Si](C)(C)OCC#Cc1cc(-c2nnc(C(F)F)s2)n2cc(S(=O)(=O)NC3(CF)CC3)cc(Cl)c12. The molecule has 0 bridgehead atoms. The zero-order chi connectivity index (χ0) is 28.1. The molecule has 0 spiro atoms. The van der Waals surface area contributed by atoms with E-state index in [1.807, 2.05) is 0 Å². The van der Waals surface area contributed by atoms with Gasteiger partial charge in [0.05, 0.1) is 33.9 Å². The average molecular weight is 605 g/mol. The lowest BCUT2D eigenvalue weighted by molar-refractivity contribution is 0.150. The van der Waals surface area contributed by atoms with E-state index in [1.165, 1.54) is 16.7 Å². The number of hydrogen-bond donors (Lipinski definition) is 1. The molecular weight excluding hydrogens is 577 g/mol. The van der Waals surface area contributed by atoms with Crippen LogP contribution in [0, 0.1) is 11.8 Å². The highest BCUT2D eigenvalue weighted by atomic mass is 35.5. The van der Waals surface area contributed by atoms with Crippen molar-refractivity contribution in [2.45, 2.75) is 68.6 Å². The van der Waals surface area contributed by atoms with E-state index < -0.39 is 42.0 Å². The van der Waals surface area contributed by atoms with Crippen molar-refractivity contribution in [3.8, 4) is 22.5 Å². The van der Waals surface area contributed by atoms with E-state index in [-0.39, 0.29) is 26.6 Å². The lowest BCUT2D eigenvalue weighted by Gasteiger charge is -2.35. The van der Waals surface area contributed by atoms with E-state index in [1.54, 1.807) is 6.07 Å². The van der Waals surface area contributed by atoms with Crippen LogP contribution in [-0.2, 0) is 14.4 Å². The van der Waals surface area contributed by atoms with Crippen molar-refractivity contribution < 1.29 is 26.0 Å². The molecule has 0 atom stereocenters. The van der Waals surface area contributed by atoms with Crippen molar-refractivity contribution in [3.63, 3.8) is 0 Å². The molecule has 0 saturated heterocycles. The minimum Gasteiger partial charge on any atom is -0.406 e. The number of halogens is 4. The van der Waals surface area contributed by atoms with E-state index in [0.717, 1.165) is 0 Å². The quantitative estimate of drug-likeness (QED) is 0.244. The summed E-state index contributed by atoms with van der Waals surface area (Å²) in [5, 5.41) is 7.16. The molecule has 7 nitrogen and oxygen atoms in total. The Labute approximate surface area is 229 Å². The van der Waals surface area contributed by atoms with E-state index in [2.05, 4.69) is 60.6 Å². The van der Waals surface area contributed by atoms with Gasteiger partial charge in [0.15, 0.2) is 18.3 Å². The van der Waals surface area contributed by atoms with Crippen molar-refractivity contribution in [3.05, 3.63) is 33.9 Å². The van der Waals surface area contributed by atoms with Crippen LogP contribution in [0.25, 0.3) is 16.2 Å². The maximum absolute atomic E-state index is 13.4. The van der Waals surface area contributed by atoms with Gasteiger partial charge in [-0.25, -0.2) is 26.3 Å². The van der Waals surface area contributed by atoms with Gasteiger partial charge in [0.1, 0.15) is 11.6 Å². The van der Waals surface area contributed by atoms with E-state index >= 15 is 0 Å². The van der Waals surface area contributed by atoms with Gasteiger partial charge in [0.25, 0.3) is 6.43 Å². The molecule has 1 N–H and O–H groups in total. The summed E-state index contributed by atoms with van der Waals surface area (Å²) < 4.78 is 75.9. The van der Waals surface area contributed by atoms with Gasteiger partial charge in [-0.1, -0.05) is 55.5 Å². The standard InChI is InChI=1S/C24H28ClF3N4O3S2Si/c1-23(2,3)38(4,5)35-10-6-7-15-11-18(21-29-30-22(36-21)20(27)28)32-13-16(12-17(25)19(15)32)37(33,34)31-24(14-26)8-9-24/h11-13,20,31H,8-10,14H2,1-5H3. The Morgan fingerprint density at radius 3 is 2.53 bits per heavy atom. The molecule has 0 unspecified atom stereocenters. The first kappa shape index (κ1) is 29.0. The van der Waals surface area contributed by atoms with E-state index in [0.29, 0.717) is 41.0 Å². The van der Waals surface area contributed by atoms with Gasteiger partial charge in [-0.15, -0.1) is 10.2 Å².